The summed E-state index contributed by atoms with van der Waals surface area (Å²) in [7, 11) is 0. The topological polar surface area (TPSA) is 26.0 Å². The second-order valence-electron chi connectivity index (χ2n) is 4.25. The van der Waals surface area contributed by atoms with Gasteiger partial charge in [-0.25, -0.2) is 0 Å². The van der Waals surface area contributed by atoms with E-state index in [1.165, 1.54) is 5.56 Å². The third-order valence-electron chi connectivity index (χ3n) is 3.44. The fourth-order valence-electron chi connectivity index (χ4n) is 2.46. The van der Waals surface area contributed by atoms with Crippen LogP contribution >= 0.6 is 23.2 Å². The maximum Gasteiger partial charge on any atom is 0.0595 e. The van der Waals surface area contributed by atoms with Crippen LogP contribution in [-0.4, -0.2) is 6.04 Å². The summed E-state index contributed by atoms with van der Waals surface area (Å²) in [6, 6.07) is 6.27. The van der Waals surface area contributed by atoms with Crippen molar-refractivity contribution in [3.8, 4) is 0 Å². The largest absolute Gasteiger partial charge is 0.327 e. The Morgan fingerprint density at radius 1 is 1.33 bits per heavy atom. The number of benzene rings is 1. The van der Waals surface area contributed by atoms with Gasteiger partial charge in [0, 0.05) is 6.04 Å². The molecule has 0 saturated heterocycles. The first-order valence-corrected chi connectivity index (χ1v) is 6.09. The van der Waals surface area contributed by atoms with E-state index in [0.717, 1.165) is 12.8 Å². The highest BCUT2D eigenvalue weighted by Crippen LogP contribution is 2.44. The third kappa shape index (κ3) is 2.01. The first-order chi connectivity index (χ1) is 7.13. The van der Waals surface area contributed by atoms with E-state index >= 15 is 0 Å². The predicted molar refractivity (Wildman–Crippen MR) is 65.6 cm³/mol. The summed E-state index contributed by atoms with van der Waals surface area (Å²) < 4.78 is 0. The van der Waals surface area contributed by atoms with Gasteiger partial charge in [-0.05, 0) is 36.0 Å². The molecule has 1 aliphatic rings. The molecule has 0 amide bonds. The zero-order chi connectivity index (χ0) is 11.0. The summed E-state index contributed by atoms with van der Waals surface area (Å²) in [6.07, 6.45) is 2.20. The van der Waals surface area contributed by atoms with Crippen molar-refractivity contribution in [1.82, 2.24) is 0 Å². The minimum Gasteiger partial charge on any atom is -0.327 e. The first kappa shape index (κ1) is 11.3. The molecule has 2 N–H and O–H groups in total. The number of hydrogen-bond acceptors (Lipinski definition) is 1. The SMILES string of the molecule is CCC1C(N)CC1c1ccc(Cl)c(Cl)c1. The summed E-state index contributed by atoms with van der Waals surface area (Å²) in [6.45, 7) is 2.19. The lowest BCUT2D eigenvalue weighted by molar-refractivity contribution is 0.198. The average molecular weight is 244 g/mol. The van der Waals surface area contributed by atoms with Crippen LogP contribution in [0.3, 0.4) is 0 Å². The lowest BCUT2D eigenvalue weighted by Gasteiger charge is -2.42. The van der Waals surface area contributed by atoms with Crippen molar-refractivity contribution < 1.29 is 0 Å². The van der Waals surface area contributed by atoms with Crippen molar-refractivity contribution in [2.45, 2.75) is 31.7 Å². The minimum atomic E-state index is 0.356. The second-order valence-corrected chi connectivity index (χ2v) is 5.07. The standard InChI is InChI=1S/C12H15Cl2N/c1-2-8-9(6-12(8)15)7-3-4-10(13)11(14)5-7/h3-5,8-9,12H,2,6,15H2,1H3. The number of halogens is 2. The maximum atomic E-state index is 6.00. The molecule has 1 nitrogen and oxygen atoms in total. The molecule has 0 heterocycles. The minimum absolute atomic E-state index is 0.356. The zero-order valence-electron chi connectivity index (χ0n) is 8.71. The number of nitrogens with two attached hydrogens (primary N) is 1. The van der Waals surface area contributed by atoms with Crippen LogP contribution in [0.4, 0.5) is 0 Å². The van der Waals surface area contributed by atoms with Crippen molar-refractivity contribution in [3.63, 3.8) is 0 Å². The van der Waals surface area contributed by atoms with E-state index in [1.54, 1.807) is 0 Å². The van der Waals surface area contributed by atoms with Gasteiger partial charge in [-0.15, -0.1) is 0 Å². The molecule has 1 saturated carbocycles. The molecule has 3 atom stereocenters. The van der Waals surface area contributed by atoms with E-state index in [1.807, 2.05) is 12.1 Å². The van der Waals surface area contributed by atoms with E-state index in [9.17, 15) is 0 Å². The van der Waals surface area contributed by atoms with Crippen molar-refractivity contribution in [2.24, 2.45) is 11.7 Å². The van der Waals surface area contributed by atoms with Gasteiger partial charge >= 0.3 is 0 Å². The Labute approximate surface area is 101 Å². The molecule has 0 radical (unpaired) electrons. The molecular weight excluding hydrogens is 229 g/mol. The fraction of sp³-hybridized carbons (Fsp3) is 0.500. The quantitative estimate of drug-likeness (QED) is 0.840. The third-order valence-corrected chi connectivity index (χ3v) is 4.18. The molecule has 0 aromatic heterocycles. The van der Waals surface area contributed by atoms with Crippen LogP contribution < -0.4 is 5.73 Å². The molecule has 1 fully saturated rings. The van der Waals surface area contributed by atoms with Gasteiger partial charge in [0.05, 0.1) is 10.0 Å². The lowest BCUT2D eigenvalue weighted by Crippen LogP contribution is -2.45. The van der Waals surface area contributed by atoms with Gasteiger partial charge in [0.15, 0.2) is 0 Å². The number of hydrogen-bond donors (Lipinski definition) is 1. The van der Waals surface area contributed by atoms with Gasteiger partial charge in [0.25, 0.3) is 0 Å². The van der Waals surface area contributed by atoms with Crippen molar-refractivity contribution >= 4 is 23.2 Å². The van der Waals surface area contributed by atoms with Gasteiger partial charge < -0.3 is 5.73 Å². The fourth-order valence-corrected chi connectivity index (χ4v) is 2.77. The highest BCUT2D eigenvalue weighted by molar-refractivity contribution is 6.42. The maximum absolute atomic E-state index is 6.00. The van der Waals surface area contributed by atoms with Gasteiger partial charge in [-0.3, -0.25) is 0 Å². The van der Waals surface area contributed by atoms with Crippen LogP contribution in [0.25, 0.3) is 0 Å². The summed E-state index contributed by atoms with van der Waals surface area (Å²) >= 11 is 11.9. The Kier molecular flexibility index (Phi) is 3.24. The van der Waals surface area contributed by atoms with Gasteiger partial charge in [0.1, 0.15) is 0 Å². The molecule has 1 aromatic carbocycles. The van der Waals surface area contributed by atoms with E-state index < -0.39 is 0 Å². The molecule has 82 valence electrons. The monoisotopic (exact) mass is 243 g/mol. The van der Waals surface area contributed by atoms with E-state index in [0.29, 0.717) is 27.9 Å². The van der Waals surface area contributed by atoms with Crippen LogP contribution in [0.1, 0.15) is 31.2 Å². The summed E-state index contributed by atoms with van der Waals surface area (Å²) in [5, 5.41) is 1.27. The predicted octanol–water partition coefficient (Wildman–Crippen LogP) is 3.83. The second kappa shape index (κ2) is 4.32. The normalized spacial score (nSPS) is 30.0. The van der Waals surface area contributed by atoms with Gasteiger partial charge in [-0.2, -0.15) is 0 Å². The highest BCUT2D eigenvalue weighted by Gasteiger charge is 2.38. The van der Waals surface area contributed by atoms with Crippen LogP contribution in [0.2, 0.25) is 10.0 Å². The summed E-state index contributed by atoms with van der Waals surface area (Å²) in [4.78, 5) is 0. The van der Waals surface area contributed by atoms with Crippen LogP contribution in [-0.2, 0) is 0 Å². The molecule has 3 unspecified atom stereocenters. The summed E-state index contributed by atoms with van der Waals surface area (Å²) in [5.41, 5.74) is 7.25. The first-order valence-electron chi connectivity index (χ1n) is 5.34. The van der Waals surface area contributed by atoms with Crippen LogP contribution in [0, 0.1) is 5.92 Å². The van der Waals surface area contributed by atoms with E-state index in [4.69, 9.17) is 28.9 Å². The Morgan fingerprint density at radius 2 is 2.07 bits per heavy atom. The van der Waals surface area contributed by atoms with E-state index in [2.05, 4.69) is 13.0 Å². The zero-order valence-corrected chi connectivity index (χ0v) is 10.2. The smallest absolute Gasteiger partial charge is 0.0595 e. The molecule has 0 spiro atoms. The van der Waals surface area contributed by atoms with E-state index in [-0.39, 0.29) is 0 Å². The molecule has 2 rings (SSSR count). The Bertz CT molecular complexity index is 365. The van der Waals surface area contributed by atoms with Gasteiger partial charge in [-0.1, -0.05) is 42.6 Å². The number of rotatable bonds is 2. The molecule has 15 heavy (non-hydrogen) atoms. The van der Waals surface area contributed by atoms with Crippen molar-refractivity contribution in [3.05, 3.63) is 33.8 Å². The van der Waals surface area contributed by atoms with Crippen molar-refractivity contribution in [2.75, 3.05) is 0 Å². The molecular formula is C12H15Cl2N. The summed E-state index contributed by atoms with van der Waals surface area (Å²) in [5.74, 6) is 1.17. The van der Waals surface area contributed by atoms with Crippen LogP contribution in [0.15, 0.2) is 18.2 Å². The molecule has 0 aliphatic heterocycles. The Hall–Kier alpha value is -0.240. The molecule has 0 bridgehead atoms. The highest BCUT2D eigenvalue weighted by atomic mass is 35.5. The van der Waals surface area contributed by atoms with Crippen molar-refractivity contribution in [1.29, 1.82) is 0 Å². The Morgan fingerprint density at radius 3 is 2.60 bits per heavy atom. The van der Waals surface area contributed by atoms with Crippen LogP contribution in [0.5, 0.6) is 0 Å². The van der Waals surface area contributed by atoms with Gasteiger partial charge in [0.2, 0.25) is 0 Å². The average Bonchev–Trinajstić information content (AvgIpc) is 2.19. The molecule has 3 heteroatoms. The lowest BCUT2D eigenvalue weighted by atomic mass is 9.65. The Balaban J connectivity index is 2.20. The molecule has 1 aliphatic carbocycles. The molecule has 1 aromatic rings.